The molecule has 1 heterocycles. The molecule has 1 saturated heterocycles. The summed E-state index contributed by atoms with van der Waals surface area (Å²) in [7, 11) is 6.61. The Morgan fingerprint density at radius 1 is 1.09 bits per heavy atom. The number of carbonyl (C=O) groups is 2. The number of anilines is 2. The molecule has 8 nitrogen and oxygen atoms in total. The SMILES string of the molecule is COc1cc(N2CC(C(=O)NCCCN(C)c3ccccc3)CC2=O)cc(OC)c1OC. The van der Waals surface area contributed by atoms with Crippen molar-refractivity contribution in [1.82, 2.24) is 5.32 Å². The molecule has 0 spiro atoms. The molecule has 1 fully saturated rings. The summed E-state index contributed by atoms with van der Waals surface area (Å²) in [6.07, 6.45) is 0.987. The van der Waals surface area contributed by atoms with Crippen molar-refractivity contribution < 1.29 is 23.8 Å². The van der Waals surface area contributed by atoms with Gasteiger partial charge in [0.25, 0.3) is 0 Å². The predicted molar refractivity (Wildman–Crippen MR) is 124 cm³/mol. The Morgan fingerprint density at radius 3 is 2.34 bits per heavy atom. The van der Waals surface area contributed by atoms with Gasteiger partial charge in [-0.1, -0.05) is 18.2 Å². The second kappa shape index (κ2) is 10.7. The van der Waals surface area contributed by atoms with Gasteiger partial charge in [0.1, 0.15) is 0 Å². The maximum atomic E-state index is 12.7. The van der Waals surface area contributed by atoms with E-state index in [9.17, 15) is 9.59 Å². The fourth-order valence-electron chi connectivity index (χ4n) is 3.84. The van der Waals surface area contributed by atoms with E-state index in [1.165, 1.54) is 21.3 Å². The fourth-order valence-corrected chi connectivity index (χ4v) is 3.84. The number of hydrogen-bond acceptors (Lipinski definition) is 6. The third-order valence-electron chi connectivity index (χ3n) is 5.62. The van der Waals surface area contributed by atoms with Crippen LogP contribution in [0.2, 0.25) is 0 Å². The minimum absolute atomic E-state index is 0.101. The second-order valence-electron chi connectivity index (χ2n) is 7.69. The highest BCUT2D eigenvalue weighted by Gasteiger charge is 2.35. The molecule has 8 heteroatoms. The van der Waals surface area contributed by atoms with Crippen molar-refractivity contribution in [1.29, 1.82) is 0 Å². The van der Waals surface area contributed by atoms with Crippen molar-refractivity contribution >= 4 is 23.2 Å². The van der Waals surface area contributed by atoms with Crippen LogP contribution in [0.25, 0.3) is 0 Å². The van der Waals surface area contributed by atoms with E-state index in [2.05, 4.69) is 22.3 Å². The normalized spacial score (nSPS) is 15.4. The Labute approximate surface area is 189 Å². The van der Waals surface area contributed by atoms with E-state index in [-0.39, 0.29) is 18.2 Å². The lowest BCUT2D eigenvalue weighted by atomic mass is 10.1. The predicted octanol–water partition coefficient (Wildman–Crippen LogP) is 2.71. The lowest BCUT2D eigenvalue weighted by molar-refractivity contribution is -0.126. The lowest BCUT2D eigenvalue weighted by Gasteiger charge is -2.21. The minimum Gasteiger partial charge on any atom is -0.493 e. The Hall–Kier alpha value is -3.42. The largest absolute Gasteiger partial charge is 0.493 e. The summed E-state index contributed by atoms with van der Waals surface area (Å²) in [5.41, 5.74) is 1.76. The number of para-hydroxylation sites is 1. The quantitative estimate of drug-likeness (QED) is 0.571. The van der Waals surface area contributed by atoms with E-state index >= 15 is 0 Å². The number of methoxy groups -OCH3 is 3. The molecule has 1 unspecified atom stereocenters. The van der Waals surface area contributed by atoms with Crippen LogP contribution in [0.4, 0.5) is 11.4 Å². The molecule has 172 valence electrons. The third-order valence-corrected chi connectivity index (χ3v) is 5.62. The third kappa shape index (κ3) is 5.25. The molecule has 1 aliphatic heterocycles. The molecule has 1 atom stereocenters. The summed E-state index contributed by atoms with van der Waals surface area (Å²) in [5, 5.41) is 2.97. The Morgan fingerprint density at radius 2 is 1.75 bits per heavy atom. The van der Waals surface area contributed by atoms with Crippen LogP contribution in [0.5, 0.6) is 17.2 Å². The molecular formula is C24H31N3O5. The molecule has 0 bridgehead atoms. The average molecular weight is 442 g/mol. The van der Waals surface area contributed by atoms with Crippen LogP contribution in [-0.2, 0) is 9.59 Å². The van der Waals surface area contributed by atoms with E-state index in [1.807, 2.05) is 25.2 Å². The zero-order valence-electron chi connectivity index (χ0n) is 19.1. The summed E-state index contributed by atoms with van der Waals surface area (Å²) in [4.78, 5) is 29.0. The van der Waals surface area contributed by atoms with Crippen LogP contribution in [-0.4, -0.2) is 59.8 Å². The van der Waals surface area contributed by atoms with Gasteiger partial charge in [-0.15, -0.1) is 0 Å². The molecule has 1 aliphatic rings. The number of rotatable bonds is 10. The summed E-state index contributed by atoms with van der Waals surface area (Å²) >= 11 is 0. The minimum atomic E-state index is -0.395. The van der Waals surface area contributed by atoms with Gasteiger partial charge in [0.05, 0.1) is 32.9 Å². The van der Waals surface area contributed by atoms with Gasteiger partial charge in [-0.3, -0.25) is 9.59 Å². The molecule has 1 N–H and O–H groups in total. The van der Waals surface area contributed by atoms with Crippen molar-refractivity contribution in [2.24, 2.45) is 5.92 Å². The number of amides is 2. The van der Waals surface area contributed by atoms with E-state index in [0.717, 1.165) is 18.7 Å². The smallest absolute Gasteiger partial charge is 0.227 e. The van der Waals surface area contributed by atoms with Crippen LogP contribution in [0.1, 0.15) is 12.8 Å². The maximum Gasteiger partial charge on any atom is 0.227 e. The second-order valence-corrected chi connectivity index (χ2v) is 7.69. The molecule has 0 saturated carbocycles. The van der Waals surface area contributed by atoms with Crippen LogP contribution in [0.15, 0.2) is 42.5 Å². The van der Waals surface area contributed by atoms with Crippen molar-refractivity contribution in [3.63, 3.8) is 0 Å². The Balaban J connectivity index is 1.55. The zero-order valence-corrected chi connectivity index (χ0v) is 19.1. The molecule has 2 aromatic carbocycles. The maximum absolute atomic E-state index is 12.7. The zero-order chi connectivity index (χ0) is 23.1. The van der Waals surface area contributed by atoms with Gasteiger partial charge >= 0.3 is 0 Å². The molecule has 2 aromatic rings. The highest BCUT2D eigenvalue weighted by Crippen LogP contribution is 2.42. The lowest BCUT2D eigenvalue weighted by Crippen LogP contribution is -2.34. The standard InChI is InChI=1S/C24H31N3O5/c1-26(18-9-6-5-7-10-18)12-8-11-25-24(29)17-13-22(28)27(16-17)19-14-20(30-2)23(32-4)21(15-19)31-3/h5-7,9-10,14-15,17H,8,11-13,16H2,1-4H3,(H,25,29). The van der Waals surface area contributed by atoms with E-state index < -0.39 is 5.92 Å². The summed E-state index contributed by atoms with van der Waals surface area (Å²) in [5.74, 6) is 0.780. The number of carbonyl (C=O) groups excluding carboxylic acids is 2. The van der Waals surface area contributed by atoms with Gasteiger partial charge in [-0.05, 0) is 18.6 Å². The van der Waals surface area contributed by atoms with Crippen molar-refractivity contribution in [2.75, 3.05) is 57.8 Å². The molecule has 0 radical (unpaired) electrons. The van der Waals surface area contributed by atoms with Crippen LogP contribution in [0.3, 0.4) is 0 Å². The fraction of sp³-hybridized carbons (Fsp3) is 0.417. The highest BCUT2D eigenvalue weighted by molar-refractivity contribution is 6.00. The monoisotopic (exact) mass is 441 g/mol. The van der Waals surface area contributed by atoms with Crippen molar-refractivity contribution in [3.05, 3.63) is 42.5 Å². The number of nitrogens with zero attached hydrogens (tertiary/aromatic N) is 2. The van der Waals surface area contributed by atoms with Crippen molar-refractivity contribution in [3.8, 4) is 17.2 Å². The van der Waals surface area contributed by atoms with Gasteiger partial charge < -0.3 is 29.3 Å². The van der Waals surface area contributed by atoms with Crippen molar-refractivity contribution in [2.45, 2.75) is 12.8 Å². The first-order valence-corrected chi connectivity index (χ1v) is 10.6. The summed E-state index contributed by atoms with van der Waals surface area (Å²) < 4.78 is 16.1. The van der Waals surface area contributed by atoms with Gasteiger partial charge in [-0.2, -0.15) is 0 Å². The first-order valence-electron chi connectivity index (χ1n) is 10.6. The van der Waals surface area contributed by atoms with Gasteiger partial charge in [0.15, 0.2) is 11.5 Å². The number of nitrogens with one attached hydrogen (secondary N) is 1. The molecule has 0 aliphatic carbocycles. The molecule has 3 rings (SSSR count). The number of ether oxygens (including phenoxy) is 3. The van der Waals surface area contributed by atoms with E-state index in [4.69, 9.17) is 14.2 Å². The van der Waals surface area contributed by atoms with E-state index in [0.29, 0.717) is 36.0 Å². The highest BCUT2D eigenvalue weighted by atomic mass is 16.5. The van der Waals surface area contributed by atoms with Gasteiger partial charge in [-0.25, -0.2) is 0 Å². The van der Waals surface area contributed by atoms with Crippen LogP contribution in [0, 0.1) is 5.92 Å². The van der Waals surface area contributed by atoms with Crippen LogP contribution < -0.4 is 29.3 Å². The van der Waals surface area contributed by atoms with E-state index in [1.54, 1.807) is 17.0 Å². The summed E-state index contributed by atoms with van der Waals surface area (Å²) in [6.45, 7) is 1.70. The van der Waals surface area contributed by atoms with Crippen LogP contribution >= 0.6 is 0 Å². The summed E-state index contributed by atoms with van der Waals surface area (Å²) in [6, 6.07) is 13.6. The topological polar surface area (TPSA) is 80.3 Å². The average Bonchev–Trinajstić information content (AvgIpc) is 3.22. The first kappa shape index (κ1) is 23.2. The Bertz CT molecular complexity index is 909. The first-order chi connectivity index (χ1) is 15.5. The Kier molecular flexibility index (Phi) is 7.81. The molecule has 0 aromatic heterocycles. The molecule has 32 heavy (non-hydrogen) atoms. The number of benzene rings is 2. The number of hydrogen-bond donors (Lipinski definition) is 1. The molecule has 2 amide bonds. The van der Waals surface area contributed by atoms with Gasteiger partial charge in [0, 0.05) is 50.9 Å². The molecular weight excluding hydrogens is 410 g/mol. The van der Waals surface area contributed by atoms with Gasteiger partial charge in [0.2, 0.25) is 17.6 Å².